The van der Waals surface area contributed by atoms with Gasteiger partial charge in [0.2, 0.25) is 5.88 Å². The normalized spacial score (nSPS) is 10.5. The summed E-state index contributed by atoms with van der Waals surface area (Å²) >= 11 is 0. The first-order valence-electron chi connectivity index (χ1n) is 3.06. The summed E-state index contributed by atoms with van der Waals surface area (Å²) in [5.74, 6) is 0.543. The summed E-state index contributed by atoms with van der Waals surface area (Å²) < 4.78 is 4.84. The monoisotopic (exact) mass is 139 g/mol. The number of aliphatic imine (C=N–C) groups is 1. The van der Waals surface area contributed by atoms with E-state index >= 15 is 0 Å². The molecule has 2 nitrogen and oxygen atoms in total. The molecule has 0 aliphatic rings. The zero-order valence-corrected chi connectivity index (χ0v) is 6.72. The third kappa shape index (κ3) is 3.89. The lowest BCUT2D eigenvalue weighted by atomic mass is 10.3. The maximum Gasteiger partial charge on any atom is 0.212 e. The van der Waals surface area contributed by atoms with Crippen LogP contribution in [0.1, 0.15) is 13.8 Å². The lowest BCUT2D eigenvalue weighted by molar-refractivity contribution is 0.289. The number of hydrogen-bond acceptors (Lipinski definition) is 2. The minimum Gasteiger partial charge on any atom is -0.481 e. The van der Waals surface area contributed by atoms with Gasteiger partial charge in [-0.05, 0) is 20.6 Å². The Kier molecular flexibility index (Phi) is 4.29. The predicted molar refractivity (Wildman–Crippen MR) is 44.1 cm³/mol. The van der Waals surface area contributed by atoms with Crippen LogP contribution in [0.15, 0.2) is 28.6 Å². The van der Waals surface area contributed by atoms with Crippen LogP contribution in [0.5, 0.6) is 0 Å². The molecule has 0 unspecified atom stereocenters. The van der Waals surface area contributed by atoms with E-state index in [0.717, 1.165) is 0 Å². The second kappa shape index (κ2) is 4.79. The van der Waals surface area contributed by atoms with Gasteiger partial charge in [-0.15, -0.1) is 0 Å². The number of allylic oxidation sites excluding steroid dienone is 3. The van der Waals surface area contributed by atoms with Gasteiger partial charge in [-0.25, -0.2) is 4.99 Å². The highest BCUT2D eigenvalue weighted by atomic mass is 16.5. The molecule has 2 heteroatoms. The Bertz CT molecular complexity index is 164. The molecule has 0 spiro atoms. The smallest absolute Gasteiger partial charge is 0.212 e. The van der Waals surface area contributed by atoms with Crippen molar-refractivity contribution >= 4 is 6.72 Å². The van der Waals surface area contributed by atoms with Crippen molar-refractivity contribution in [2.24, 2.45) is 4.99 Å². The quantitative estimate of drug-likeness (QED) is 0.333. The van der Waals surface area contributed by atoms with Crippen LogP contribution in [0.2, 0.25) is 0 Å². The molecule has 0 radical (unpaired) electrons. The molecule has 0 aromatic heterocycles. The maximum atomic E-state index is 4.84. The summed E-state index contributed by atoms with van der Waals surface area (Å²) in [6.07, 6.45) is 3.70. The molecule has 0 amide bonds. The van der Waals surface area contributed by atoms with E-state index in [9.17, 15) is 0 Å². The molecule has 0 N–H and O–H groups in total. The van der Waals surface area contributed by atoms with Crippen molar-refractivity contribution < 1.29 is 4.74 Å². The Hall–Kier alpha value is -1.05. The molecule has 0 saturated carbocycles. The van der Waals surface area contributed by atoms with Crippen molar-refractivity contribution in [2.45, 2.75) is 13.8 Å². The van der Waals surface area contributed by atoms with E-state index in [0.29, 0.717) is 5.88 Å². The fourth-order valence-corrected chi connectivity index (χ4v) is 0.423. The highest BCUT2D eigenvalue weighted by Crippen LogP contribution is 1.98. The lowest BCUT2D eigenvalue weighted by Gasteiger charge is -1.94. The molecule has 0 aromatic rings. The summed E-state index contributed by atoms with van der Waals surface area (Å²) in [5.41, 5.74) is 1.21. The van der Waals surface area contributed by atoms with E-state index in [1.54, 1.807) is 13.2 Å². The van der Waals surface area contributed by atoms with Crippen molar-refractivity contribution in [3.05, 3.63) is 23.6 Å². The number of hydrogen-bond donors (Lipinski definition) is 0. The molecule has 0 fully saturated rings. The molecule has 0 atom stereocenters. The largest absolute Gasteiger partial charge is 0.481 e. The summed E-state index contributed by atoms with van der Waals surface area (Å²) in [7, 11) is 1.57. The molecule has 0 saturated heterocycles. The summed E-state index contributed by atoms with van der Waals surface area (Å²) in [4.78, 5) is 3.62. The molecule has 0 bridgehead atoms. The van der Waals surface area contributed by atoms with Gasteiger partial charge >= 0.3 is 0 Å². The van der Waals surface area contributed by atoms with E-state index in [-0.39, 0.29) is 0 Å². The van der Waals surface area contributed by atoms with Gasteiger partial charge in [0.05, 0.1) is 7.11 Å². The highest BCUT2D eigenvalue weighted by Gasteiger charge is 1.83. The second-order valence-corrected chi connectivity index (χ2v) is 2.11. The van der Waals surface area contributed by atoms with Crippen molar-refractivity contribution in [2.75, 3.05) is 7.11 Å². The van der Waals surface area contributed by atoms with Crippen LogP contribution in [0.25, 0.3) is 0 Å². The molecule has 0 heterocycles. The van der Waals surface area contributed by atoms with Crippen LogP contribution in [-0.4, -0.2) is 13.8 Å². The van der Waals surface area contributed by atoms with Gasteiger partial charge in [-0.1, -0.05) is 11.6 Å². The van der Waals surface area contributed by atoms with Crippen LogP contribution < -0.4 is 0 Å². The van der Waals surface area contributed by atoms with Crippen molar-refractivity contribution in [1.82, 2.24) is 0 Å². The van der Waals surface area contributed by atoms with Crippen LogP contribution in [0.4, 0.5) is 0 Å². The fourth-order valence-electron chi connectivity index (χ4n) is 0.423. The van der Waals surface area contributed by atoms with Gasteiger partial charge in [0.15, 0.2) is 0 Å². The number of ether oxygens (including phenoxy) is 1. The average molecular weight is 139 g/mol. The van der Waals surface area contributed by atoms with Crippen molar-refractivity contribution in [3.63, 3.8) is 0 Å². The van der Waals surface area contributed by atoms with Crippen LogP contribution in [0.3, 0.4) is 0 Å². The van der Waals surface area contributed by atoms with Gasteiger partial charge in [-0.3, -0.25) is 0 Å². The Labute approximate surface area is 61.9 Å². The molecule has 0 aromatic carbocycles. The van der Waals surface area contributed by atoms with Gasteiger partial charge < -0.3 is 4.74 Å². The number of methoxy groups -OCH3 is 1. The average Bonchev–Trinajstić information content (AvgIpc) is 1.90. The molecule has 0 aliphatic carbocycles. The van der Waals surface area contributed by atoms with Gasteiger partial charge in [-0.2, -0.15) is 0 Å². The first-order valence-corrected chi connectivity index (χ1v) is 3.06. The zero-order chi connectivity index (χ0) is 7.98. The summed E-state index contributed by atoms with van der Waals surface area (Å²) in [5, 5.41) is 0. The van der Waals surface area contributed by atoms with Gasteiger partial charge in [0.25, 0.3) is 0 Å². The molecule has 56 valence electrons. The zero-order valence-electron chi connectivity index (χ0n) is 6.72. The Morgan fingerprint density at radius 3 is 2.30 bits per heavy atom. The van der Waals surface area contributed by atoms with Gasteiger partial charge in [0.1, 0.15) is 0 Å². The van der Waals surface area contributed by atoms with E-state index in [1.165, 1.54) is 5.57 Å². The first kappa shape index (κ1) is 8.95. The third-order valence-corrected chi connectivity index (χ3v) is 0.924. The minimum atomic E-state index is 0.543. The lowest BCUT2D eigenvalue weighted by Crippen LogP contribution is -1.78. The topological polar surface area (TPSA) is 21.6 Å². The van der Waals surface area contributed by atoms with Crippen molar-refractivity contribution in [3.8, 4) is 0 Å². The SMILES string of the molecule is C=NC(=CC=C(C)C)OC. The van der Waals surface area contributed by atoms with Crippen LogP contribution in [-0.2, 0) is 4.74 Å². The standard InChI is InChI=1S/C8H13NO/c1-7(2)5-6-8(9-3)10-4/h5-6H,3H2,1-2,4H3. The van der Waals surface area contributed by atoms with Crippen LogP contribution >= 0.6 is 0 Å². The molecule has 0 rings (SSSR count). The molecule has 10 heavy (non-hydrogen) atoms. The highest BCUT2D eigenvalue weighted by molar-refractivity contribution is 5.28. The Morgan fingerprint density at radius 2 is 2.00 bits per heavy atom. The predicted octanol–water partition coefficient (Wildman–Crippen LogP) is 2.14. The van der Waals surface area contributed by atoms with E-state index in [4.69, 9.17) is 4.74 Å². The molecular weight excluding hydrogens is 126 g/mol. The van der Waals surface area contributed by atoms with Crippen molar-refractivity contribution in [1.29, 1.82) is 0 Å². The molecular formula is C8H13NO. The summed E-state index contributed by atoms with van der Waals surface area (Å²) in [6.45, 7) is 7.35. The maximum absolute atomic E-state index is 4.84. The number of nitrogens with zero attached hydrogens (tertiary/aromatic N) is 1. The minimum absolute atomic E-state index is 0.543. The number of rotatable bonds is 3. The van der Waals surface area contributed by atoms with E-state index < -0.39 is 0 Å². The van der Waals surface area contributed by atoms with Gasteiger partial charge in [0, 0.05) is 6.08 Å². The third-order valence-electron chi connectivity index (χ3n) is 0.924. The van der Waals surface area contributed by atoms with E-state index in [1.807, 2.05) is 19.9 Å². The first-order chi connectivity index (χ1) is 4.70. The molecule has 0 aliphatic heterocycles. The van der Waals surface area contributed by atoms with E-state index in [2.05, 4.69) is 11.7 Å². The van der Waals surface area contributed by atoms with Crippen LogP contribution in [0, 0.1) is 0 Å². The Morgan fingerprint density at radius 1 is 1.40 bits per heavy atom. The second-order valence-electron chi connectivity index (χ2n) is 2.11. The fraction of sp³-hybridized carbons (Fsp3) is 0.375. The Balaban J connectivity index is 4.12. The summed E-state index contributed by atoms with van der Waals surface area (Å²) in [6, 6.07) is 0.